The summed E-state index contributed by atoms with van der Waals surface area (Å²) in [5, 5.41) is 11.6. The molecule has 11 heteroatoms. The van der Waals surface area contributed by atoms with Crippen molar-refractivity contribution in [1.82, 2.24) is 35.6 Å². The van der Waals surface area contributed by atoms with Crippen LogP contribution in [0.25, 0.3) is 16.6 Å². The number of imidazole rings is 1. The predicted molar refractivity (Wildman–Crippen MR) is 141 cm³/mol. The van der Waals surface area contributed by atoms with Crippen molar-refractivity contribution in [2.24, 2.45) is 5.10 Å². The molecule has 1 saturated heterocycles. The van der Waals surface area contributed by atoms with Crippen LogP contribution < -0.4 is 15.5 Å². The Morgan fingerprint density at radius 3 is 2.73 bits per heavy atom. The molecule has 0 saturated carbocycles. The summed E-state index contributed by atoms with van der Waals surface area (Å²) in [5.74, 6) is 0.130. The van der Waals surface area contributed by atoms with Gasteiger partial charge in [0.2, 0.25) is 0 Å². The second-order valence-electron chi connectivity index (χ2n) is 9.25. The number of carbonyl (C=O) groups excluding carboxylic acids is 1. The van der Waals surface area contributed by atoms with Crippen LogP contribution in [-0.4, -0.2) is 57.7 Å². The molecule has 0 spiro atoms. The smallest absolute Gasteiger partial charge is 0.261 e. The maximum absolute atomic E-state index is 15.6. The zero-order chi connectivity index (χ0) is 25.9. The Morgan fingerprint density at radius 2 is 2.00 bits per heavy atom. The third kappa shape index (κ3) is 5.02. The largest absolute Gasteiger partial charge is 0.378 e. The molecule has 1 atom stereocenters. The van der Waals surface area contributed by atoms with E-state index in [9.17, 15) is 4.79 Å². The minimum Gasteiger partial charge on any atom is -0.378 e. The molecule has 192 valence electrons. The van der Waals surface area contributed by atoms with E-state index in [0.717, 1.165) is 32.4 Å². The molecule has 0 bridgehead atoms. The lowest BCUT2D eigenvalue weighted by molar-refractivity contribution is -0.115. The van der Waals surface area contributed by atoms with Gasteiger partial charge in [0.1, 0.15) is 22.7 Å². The van der Waals surface area contributed by atoms with Gasteiger partial charge in [0.25, 0.3) is 5.91 Å². The highest BCUT2D eigenvalue weighted by Gasteiger charge is 2.29. The number of aromatic nitrogens is 4. The highest BCUT2D eigenvalue weighted by atomic mass is 19.1. The molecule has 3 aromatic rings. The number of carbonyl (C=O) groups is 1. The maximum atomic E-state index is 15.6. The van der Waals surface area contributed by atoms with Crippen LogP contribution in [0.1, 0.15) is 50.3 Å². The van der Waals surface area contributed by atoms with Gasteiger partial charge in [0, 0.05) is 63.3 Å². The van der Waals surface area contributed by atoms with E-state index in [0.29, 0.717) is 46.2 Å². The van der Waals surface area contributed by atoms with Crippen molar-refractivity contribution in [3.05, 3.63) is 65.7 Å². The first-order valence-electron chi connectivity index (χ1n) is 12.4. The number of nitrogens with one attached hydrogen (secondary N) is 3. The fourth-order valence-corrected chi connectivity index (χ4v) is 4.78. The summed E-state index contributed by atoms with van der Waals surface area (Å²) >= 11 is 0. The van der Waals surface area contributed by atoms with E-state index in [1.165, 1.54) is 5.01 Å². The highest BCUT2D eigenvalue weighted by Crippen LogP contribution is 2.32. The van der Waals surface area contributed by atoms with Crippen molar-refractivity contribution in [3.63, 3.8) is 0 Å². The third-order valence-electron chi connectivity index (χ3n) is 6.61. The quantitative estimate of drug-likeness (QED) is 0.334. The van der Waals surface area contributed by atoms with Gasteiger partial charge in [-0.05, 0) is 44.4 Å². The number of hydrogen-bond donors (Lipinski definition) is 3. The van der Waals surface area contributed by atoms with E-state index < -0.39 is 0 Å². The lowest BCUT2D eigenvalue weighted by Gasteiger charge is -2.29. The fourth-order valence-electron chi connectivity index (χ4n) is 4.78. The standard InChI is InChI=1S/C26H30FN9O/c1-16(24-29-10-7-11-30-24)31-19-14-17(15-35(3)28-2)32-26(37)21(19)25-33-18-8-9-20(22(27)23(18)34-25)36-12-5-4-6-13-36/h7-11,15-16,31H,2,4-6,12-14H2,1,3H3,(H,32,37)(H,33,34)/b17-15+/t16-/m1/s1. The summed E-state index contributed by atoms with van der Waals surface area (Å²) in [6, 6.07) is 5.06. The van der Waals surface area contributed by atoms with Crippen LogP contribution in [0.4, 0.5) is 10.1 Å². The van der Waals surface area contributed by atoms with E-state index in [1.54, 1.807) is 37.8 Å². The van der Waals surface area contributed by atoms with Gasteiger partial charge in [-0.1, -0.05) is 0 Å². The summed E-state index contributed by atoms with van der Waals surface area (Å²) in [6.07, 6.45) is 8.63. The zero-order valence-electron chi connectivity index (χ0n) is 21.0. The minimum atomic E-state index is -0.376. The van der Waals surface area contributed by atoms with Gasteiger partial charge in [0.05, 0.1) is 17.2 Å². The Labute approximate surface area is 214 Å². The van der Waals surface area contributed by atoms with Crippen LogP contribution in [0.3, 0.4) is 0 Å². The third-order valence-corrected chi connectivity index (χ3v) is 6.61. The van der Waals surface area contributed by atoms with E-state index in [1.807, 2.05) is 13.0 Å². The Morgan fingerprint density at radius 1 is 1.24 bits per heavy atom. The first-order valence-corrected chi connectivity index (χ1v) is 12.4. The number of amides is 1. The summed E-state index contributed by atoms with van der Waals surface area (Å²) in [5.41, 5.74) is 2.85. The van der Waals surface area contributed by atoms with E-state index in [-0.39, 0.29) is 23.3 Å². The first kappa shape index (κ1) is 24.4. The minimum absolute atomic E-state index is 0.217. The number of fused-ring (bicyclic) bond motifs is 1. The Kier molecular flexibility index (Phi) is 6.85. The topological polar surface area (TPSA) is 114 Å². The normalized spacial score (nSPS) is 18.2. The van der Waals surface area contributed by atoms with E-state index >= 15 is 4.39 Å². The van der Waals surface area contributed by atoms with Crippen LogP contribution in [0, 0.1) is 5.82 Å². The van der Waals surface area contributed by atoms with Crippen LogP contribution in [0.5, 0.6) is 0 Å². The molecule has 1 fully saturated rings. The average molecular weight is 504 g/mol. The molecule has 1 amide bonds. The number of H-pyrrole nitrogens is 1. The van der Waals surface area contributed by atoms with E-state index in [4.69, 9.17) is 0 Å². The molecular weight excluding hydrogens is 473 g/mol. The van der Waals surface area contributed by atoms with E-state index in [2.05, 4.69) is 47.3 Å². The summed E-state index contributed by atoms with van der Waals surface area (Å²) < 4.78 is 15.6. The van der Waals surface area contributed by atoms with Crippen molar-refractivity contribution in [3.8, 4) is 0 Å². The Hall–Kier alpha value is -4.28. The number of nitrogens with zero attached hydrogens (tertiary/aromatic N) is 6. The molecule has 3 N–H and O–H groups in total. The Balaban J connectivity index is 1.56. The van der Waals surface area contributed by atoms with Crippen molar-refractivity contribution in [2.75, 3.05) is 25.0 Å². The van der Waals surface area contributed by atoms with Crippen LogP contribution in [-0.2, 0) is 4.79 Å². The average Bonchev–Trinajstić information content (AvgIpc) is 3.34. The lowest BCUT2D eigenvalue weighted by atomic mass is 10.0. The number of rotatable bonds is 7. The molecule has 2 aromatic heterocycles. The molecule has 0 aliphatic carbocycles. The maximum Gasteiger partial charge on any atom is 0.261 e. The molecule has 10 nitrogen and oxygen atoms in total. The van der Waals surface area contributed by atoms with Crippen molar-refractivity contribution in [2.45, 2.75) is 38.6 Å². The SMILES string of the molecule is C=NN(C)/C=C1\CC(N[C@H](C)c2ncccn2)=C(c2nc3c(F)c(N4CCCCC4)ccc3[nH]2)C(=O)N1. The second-order valence-corrected chi connectivity index (χ2v) is 9.25. The fraction of sp³-hybridized carbons (Fsp3) is 0.346. The lowest BCUT2D eigenvalue weighted by Crippen LogP contribution is -2.35. The van der Waals surface area contributed by atoms with Crippen molar-refractivity contribution >= 4 is 34.9 Å². The zero-order valence-corrected chi connectivity index (χ0v) is 21.0. The molecular formula is C26H30FN9O. The Bertz CT molecular complexity index is 1380. The summed E-state index contributed by atoms with van der Waals surface area (Å²) in [4.78, 5) is 31.8. The molecule has 1 aromatic carbocycles. The summed E-state index contributed by atoms with van der Waals surface area (Å²) in [7, 11) is 1.72. The molecule has 37 heavy (non-hydrogen) atoms. The van der Waals surface area contributed by atoms with Gasteiger partial charge < -0.3 is 20.5 Å². The number of aromatic amines is 1. The van der Waals surface area contributed by atoms with Crippen molar-refractivity contribution in [1.29, 1.82) is 0 Å². The number of anilines is 1. The molecule has 2 aliphatic rings. The van der Waals surface area contributed by atoms with Crippen LogP contribution in [0.2, 0.25) is 0 Å². The molecule has 5 rings (SSSR count). The predicted octanol–water partition coefficient (Wildman–Crippen LogP) is 3.45. The van der Waals surface area contributed by atoms with Gasteiger partial charge in [-0.15, -0.1) is 0 Å². The van der Waals surface area contributed by atoms with Gasteiger partial charge in [-0.2, -0.15) is 5.10 Å². The van der Waals surface area contributed by atoms with Gasteiger partial charge in [-0.3, -0.25) is 9.80 Å². The number of hydrogen-bond acceptors (Lipinski definition) is 8. The molecule has 2 aliphatic heterocycles. The summed E-state index contributed by atoms with van der Waals surface area (Å²) in [6.45, 7) is 7.07. The highest BCUT2D eigenvalue weighted by molar-refractivity contribution is 6.21. The molecule has 4 heterocycles. The van der Waals surface area contributed by atoms with Gasteiger partial charge >= 0.3 is 0 Å². The van der Waals surface area contributed by atoms with Crippen LogP contribution in [0.15, 0.2) is 53.3 Å². The molecule has 0 radical (unpaired) electrons. The number of hydrazone groups is 1. The number of piperidine rings is 1. The number of halogens is 1. The van der Waals surface area contributed by atoms with Gasteiger partial charge in [-0.25, -0.2) is 19.3 Å². The van der Waals surface area contributed by atoms with Crippen molar-refractivity contribution < 1.29 is 9.18 Å². The second kappa shape index (κ2) is 10.4. The monoisotopic (exact) mass is 503 g/mol. The first-order chi connectivity index (χ1) is 17.9. The number of benzene rings is 1. The van der Waals surface area contributed by atoms with Crippen LogP contribution >= 0.6 is 0 Å². The molecule has 0 unspecified atom stereocenters. The van der Waals surface area contributed by atoms with Gasteiger partial charge in [0.15, 0.2) is 5.82 Å².